The zero-order chi connectivity index (χ0) is 14.2. The lowest BCUT2D eigenvalue weighted by molar-refractivity contribution is 0.0473. The molecule has 2 N–H and O–H groups in total. The Hall–Kier alpha value is -1.10. The summed E-state index contributed by atoms with van der Waals surface area (Å²) in [5.74, 6) is 0.962. The Balaban J connectivity index is 1.70. The Morgan fingerprint density at radius 2 is 2.15 bits per heavy atom. The van der Waals surface area contributed by atoms with Crippen LogP contribution in [0.5, 0.6) is 0 Å². The molecule has 1 fully saturated rings. The van der Waals surface area contributed by atoms with E-state index >= 15 is 0 Å². The normalized spacial score (nSPS) is 17.9. The van der Waals surface area contributed by atoms with Crippen LogP contribution in [0.1, 0.15) is 31.5 Å². The molecule has 1 aromatic heterocycles. The topological polar surface area (TPSA) is 50.1 Å². The Bertz CT molecular complexity index is 617. The predicted octanol–water partition coefficient (Wildman–Crippen LogP) is 2.62. The number of benzene rings is 1. The minimum Gasteiger partial charge on any atom is -0.389 e. The van der Waals surface area contributed by atoms with Gasteiger partial charge in [-0.2, -0.15) is 0 Å². The maximum Gasteiger partial charge on any atom is 0.123 e. The molecule has 1 aromatic carbocycles. The van der Waals surface area contributed by atoms with Crippen LogP contribution in [0.15, 0.2) is 18.2 Å². The van der Waals surface area contributed by atoms with Crippen LogP contribution in [-0.4, -0.2) is 26.8 Å². The Morgan fingerprint density at radius 1 is 1.40 bits per heavy atom. The van der Waals surface area contributed by atoms with Crippen molar-refractivity contribution >= 4 is 22.6 Å². The molecule has 1 saturated carbocycles. The van der Waals surface area contributed by atoms with Crippen LogP contribution in [0.4, 0.5) is 0 Å². The number of hydrogen-bond acceptors (Lipinski definition) is 3. The maximum atomic E-state index is 10.3. The molecule has 0 aliphatic heterocycles. The van der Waals surface area contributed by atoms with Gasteiger partial charge in [-0.05, 0) is 31.0 Å². The second kappa shape index (κ2) is 5.35. The van der Waals surface area contributed by atoms with Gasteiger partial charge in [0.15, 0.2) is 0 Å². The molecular weight excluding hydrogens is 274 g/mol. The second-order valence-electron chi connectivity index (χ2n) is 5.76. The first-order valence-electron chi connectivity index (χ1n) is 7.11. The fourth-order valence-electron chi connectivity index (χ4n) is 3.00. The van der Waals surface area contributed by atoms with Gasteiger partial charge in [0.05, 0.1) is 23.2 Å². The van der Waals surface area contributed by atoms with Gasteiger partial charge < -0.3 is 15.0 Å². The summed E-state index contributed by atoms with van der Waals surface area (Å²) in [7, 11) is 2.00. The van der Waals surface area contributed by atoms with E-state index in [1.807, 2.05) is 25.2 Å². The molecule has 1 aliphatic rings. The van der Waals surface area contributed by atoms with E-state index in [1.54, 1.807) is 0 Å². The molecule has 0 spiro atoms. The summed E-state index contributed by atoms with van der Waals surface area (Å²) in [6.45, 7) is 1.29. The maximum absolute atomic E-state index is 10.3. The van der Waals surface area contributed by atoms with Gasteiger partial charge in [0.2, 0.25) is 0 Å². The van der Waals surface area contributed by atoms with Gasteiger partial charge in [0.25, 0.3) is 0 Å². The fourth-order valence-corrected chi connectivity index (χ4v) is 3.16. The van der Waals surface area contributed by atoms with Crippen molar-refractivity contribution in [3.8, 4) is 0 Å². The highest BCUT2D eigenvalue weighted by atomic mass is 35.5. The van der Waals surface area contributed by atoms with E-state index in [4.69, 9.17) is 11.6 Å². The molecule has 0 bridgehead atoms. The molecule has 0 unspecified atom stereocenters. The van der Waals surface area contributed by atoms with E-state index in [-0.39, 0.29) is 0 Å². The molecule has 1 aliphatic carbocycles. The van der Waals surface area contributed by atoms with Crippen LogP contribution in [-0.2, 0) is 13.6 Å². The third-order valence-corrected chi connectivity index (χ3v) is 4.44. The summed E-state index contributed by atoms with van der Waals surface area (Å²) in [5, 5.41) is 14.3. The van der Waals surface area contributed by atoms with Crippen LogP contribution < -0.4 is 5.32 Å². The fraction of sp³-hybridized carbons (Fsp3) is 0.533. The number of nitrogens with one attached hydrogen (secondary N) is 1. The number of fused-ring (bicyclic) bond motifs is 1. The van der Waals surface area contributed by atoms with Crippen molar-refractivity contribution < 1.29 is 5.11 Å². The summed E-state index contributed by atoms with van der Waals surface area (Å²) >= 11 is 5.99. The van der Waals surface area contributed by atoms with Crippen molar-refractivity contribution in [1.82, 2.24) is 14.9 Å². The standard InChI is InChI=1S/C15H20ClN3O/c1-19-13-5-4-11(16)8-12(13)18-14(19)9-17-10-15(20)6-2-3-7-15/h4-5,8,17,20H,2-3,6-7,9-10H2,1H3. The van der Waals surface area contributed by atoms with E-state index in [1.165, 1.54) is 0 Å². The number of hydrogen-bond donors (Lipinski definition) is 2. The molecular formula is C15H20ClN3O. The first-order valence-corrected chi connectivity index (χ1v) is 7.49. The van der Waals surface area contributed by atoms with Gasteiger partial charge in [-0.1, -0.05) is 24.4 Å². The van der Waals surface area contributed by atoms with Crippen molar-refractivity contribution in [3.63, 3.8) is 0 Å². The highest BCUT2D eigenvalue weighted by Crippen LogP contribution is 2.28. The first kappa shape index (κ1) is 13.9. The second-order valence-corrected chi connectivity index (χ2v) is 6.19. The molecule has 0 saturated heterocycles. The molecule has 3 rings (SSSR count). The van der Waals surface area contributed by atoms with Gasteiger partial charge >= 0.3 is 0 Å². The summed E-state index contributed by atoms with van der Waals surface area (Å²) < 4.78 is 2.07. The average Bonchev–Trinajstić information content (AvgIpc) is 2.95. The first-order chi connectivity index (χ1) is 9.57. The lowest BCUT2D eigenvalue weighted by atomic mass is 10.0. The van der Waals surface area contributed by atoms with Crippen LogP contribution in [0.25, 0.3) is 11.0 Å². The summed E-state index contributed by atoms with van der Waals surface area (Å²) in [6, 6.07) is 5.74. The van der Waals surface area contributed by atoms with Gasteiger partial charge in [0.1, 0.15) is 5.82 Å². The number of nitrogens with zero attached hydrogens (tertiary/aromatic N) is 2. The summed E-state index contributed by atoms with van der Waals surface area (Å²) in [6.07, 6.45) is 4.06. The highest BCUT2D eigenvalue weighted by molar-refractivity contribution is 6.31. The quantitative estimate of drug-likeness (QED) is 0.911. The predicted molar refractivity (Wildman–Crippen MR) is 80.8 cm³/mol. The van der Waals surface area contributed by atoms with Crippen molar-refractivity contribution in [3.05, 3.63) is 29.0 Å². The van der Waals surface area contributed by atoms with E-state index < -0.39 is 5.60 Å². The minimum absolute atomic E-state index is 0.520. The molecule has 0 amide bonds. The van der Waals surface area contributed by atoms with Crippen molar-refractivity contribution in [2.45, 2.75) is 37.8 Å². The smallest absolute Gasteiger partial charge is 0.123 e. The number of aliphatic hydroxyl groups is 1. The highest BCUT2D eigenvalue weighted by Gasteiger charge is 2.30. The third kappa shape index (κ3) is 2.68. The molecule has 0 atom stereocenters. The van der Waals surface area contributed by atoms with Gasteiger partial charge in [0, 0.05) is 18.6 Å². The number of imidazole rings is 1. The molecule has 0 radical (unpaired) electrons. The Morgan fingerprint density at radius 3 is 2.90 bits per heavy atom. The Kier molecular flexibility index (Phi) is 3.71. The monoisotopic (exact) mass is 293 g/mol. The zero-order valence-corrected chi connectivity index (χ0v) is 12.5. The van der Waals surface area contributed by atoms with Gasteiger partial charge in [-0.15, -0.1) is 0 Å². The van der Waals surface area contributed by atoms with E-state index in [0.29, 0.717) is 18.1 Å². The SMILES string of the molecule is Cn1c(CNCC2(O)CCCC2)nc2cc(Cl)ccc21. The number of aromatic nitrogens is 2. The van der Waals surface area contributed by atoms with Gasteiger partial charge in [-0.25, -0.2) is 4.98 Å². The zero-order valence-electron chi connectivity index (χ0n) is 11.7. The third-order valence-electron chi connectivity index (χ3n) is 4.21. The summed E-state index contributed by atoms with van der Waals surface area (Å²) in [4.78, 5) is 4.59. The van der Waals surface area contributed by atoms with Crippen LogP contribution in [0.3, 0.4) is 0 Å². The van der Waals surface area contributed by atoms with Crippen LogP contribution in [0, 0.1) is 0 Å². The van der Waals surface area contributed by atoms with E-state index in [0.717, 1.165) is 42.5 Å². The lowest BCUT2D eigenvalue weighted by Crippen LogP contribution is -2.38. The van der Waals surface area contributed by atoms with Gasteiger partial charge in [-0.3, -0.25) is 0 Å². The molecule has 4 nitrogen and oxygen atoms in total. The molecule has 1 heterocycles. The van der Waals surface area contributed by atoms with Crippen LogP contribution in [0.2, 0.25) is 5.02 Å². The van der Waals surface area contributed by atoms with Crippen molar-refractivity contribution in [2.75, 3.05) is 6.54 Å². The van der Waals surface area contributed by atoms with E-state index in [9.17, 15) is 5.11 Å². The van der Waals surface area contributed by atoms with Crippen LogP contribution >= 0.6 is 11.6 Å². The lowest BCUT2D eigenvalue weighted by Gasteiger charge is -2.22. The minimum atomic E-state index is -0.520. The number of halogens is 1. The van der Waals surface area contributed by atoms with Crippen molar-refractivity contribution in [1.29, 1.82) is 0 Å². The molecule has 20 heavy (non-hydrogen) atoms. The van der Waals surface area contributed by atoms with E-state index in [2.05, 4.69) is 14.9 Å². The average molecular weight is 294 g/mol. The number of aryl methyl sites for hydroxylation is 1. The summed E-state index contributed by atoms with van der Waals surface area (Å²) in [5.41, 5.74) is 1.47. The van der Waals surface area contributed by atoms with Crippen molar-refractivity contribution in [2.24, 2.45) is 7.05 Å². The molecule has 5 heteroatoms. The largest absolute Gasteiger partial charge is 0.389 e. The number of rotatable bonds is 4. The molecule has 108 valence electrons. The molecule has 2 aromatic rings. The Labute approximate surface area is 123 Å².